The molecule has 33 heavy (non-hydrogen) atoms. The van der Waals surface area contributed by atoms with Crippen molar-refractivity contribution in [3.05, 3.63) is 53.6 Å². The van der Waals surface area contributed by atoms with Crippen molar-refractivity contribution >= 4 is 27.9 Å². The minimum atomic E-state index is -3.34. The van der Waals surface area contributed by atoms with Crippen molar-refractivity contribution in [2.24, 2.45) is 0 Å². The number of aldehydes is 1. The highest BCUT2D eigenvalue weighted by molar-refractivity contribution is 7.91. The maximum Gasteiger partial charge on any atom is 0.303 e. The predicted molar refractivity (Wildman–Crippen MR) is 124 cm³/mol. The molecule has 0 heterocycles. The molecule has 2 rings (SSSR count). The summed E-state index contributed by atoms with van der Waals surface area (Å²) in [6.45, 7) is 3.58. The van der Waals surface area contributed by atoms with Crippen LogP contribution < -0.4 is 4.74 Å². The summed E-state index contributed by atoms with van der Waals surface area (Å²) in [5.41, 5.74) is 0.860. The maximum atomic E-state index is 12.3. The van der Waals surface area contributed by atoms with Crippen LogP contribution in [0.1, 0.15) is 55.5 Å². The van der Waals surface area contributed by atoms with Gasteiger partial charge in [-0.15, -0.1) is 0 Å². The lowest BCUT2D eigenvalue weighted by atomic mass is 10.0. The van der Waals surface area contributed by atoms with E-state index in [4.69, 9.17) is 9.84 Å². The van der Waals surface area contributed by atoms with Crippen molar-refractivity contribution in [3.8, 4) is 11.5 Å². The second-order valence-electron chi connectivity index (χ2n) is 7.18. The van der Waals surface area contributed by atoms with E-state index in [2.05, 4.69) is 0 Å². The first-order valence-corrected chi connectivity index (χ1v) is 12.2. The van der Waals surface area contributed by atoms with E-state index < -0.39 is 15.8 Å². The third-order valence-corrected chi connectivity index (χ3v) is 6.33. The van der Waals surface area contributed by atoms with E-state index >= 15 is 0 Å². The number of Topliss-reactive ketones (excluding diaryl/α,β-unsaturated/α-hetero) is 1. The second-order valence-corrected chi connectivity index (χ2v) is 9.29. The number of phenols is 1. The van der Waals surface area contributed by atoms with Gasteiger partial charge in [0.15, 0.2) is 15.6 Å². The Labute approximate surface area is 194 Å². The van der Waals surface area contributed by atoms with Gasteiger partial charge in [0.05, 0.1) is 29.2 Å². The van der Waals surface area contributed by atoms with E-state index in [0.29, 0.717) is 35.3 Å². The number of carboxylic acid groups (broad SMARTS) is 1. The fourth-order valence-corrected chi connectivity index (χ4v) is 4.19. The molecule has 0 aliphatic rings. The molecule has 0 spiro atoms. The highest BCUT2D eigenvalue weighted by Gasteiger charge is 2.17. The molecular weight excluding hydrogens is 448 g/mol. The van der Waals surface area contributed by atoms with Gasteiger partial charge in [-0.25, -0.2) is 8.42 Å². The molecule has 180 valence electrons. The van der Waals surface area contributed by atoms with Gasteiger partial charge in [0.25, 0.3) is 0 Å². The van der Waals surface area contributed by atoms with Crippen molar-refractivity contribution in [3.63, 3.8) is 0 Å². The summed E-state index contributed by atoms with van der Waals surface area (Å²) in [6, 6.07) is 11.5. The van der Waals surface area contributed by atoms with Crippen molar-refractivity contribution in [2.45, 2.75) is 50.8 Å². The minimum absolute atomic E-state index is 0.0162. The van der Waals surface area contributed by atoms with Crippen LogP contribution in [0.25, 0.3) is 0 Å². The molecular formula is C24H30O8S. The molecule has 0 aromatic heterocycles. The average molecular weight is 479 g/mol. The lowest BCUT2D eigenvalue weighted by Crippen LogP contribution is -2.11. The molecule has 0 fully saturated rings. The molecule has 0 bridgehead atoms. The number of aromatic hydroxyl groups is 1. The first kappa shape index (κ1) is 27.8. The van der Waals surface area contributed by atoms with Gasteiger partial charge >= 0.3 is 5.97 Å². The topological polar surface area (TPSA) is 135 Å². The lowest BCUT2D eigenvalue weighted by molar-refractivity contribution is -0.137. The van der Waals surface area contributed by atoms with E-state index in [9.17, 15) is 27.9 Å². The number of ether oxygens (including phenoxy) is 1. The van der Waals surface area contributed by atoms with Crippen LogP contribution in [0.3, 0.4) is 0 Å². The third-order valence-electron chi connectivity index (χ3n) is 4.51. The van der Waals surface area contributed by atoms with Gasteiger partial charge in [0.2, 0.25) is 0 Å². The van der Waals surface area contributed by atoms with Crippen LogP contribution in [0.5, 0.6) is 11.5 Å². The van der Waals surface area contributed by atoms with E-state index in [1.165, 1.54) is 13.0 Å². The summed E-state index contributed by atoms with van der Waals surface area (Å²) >= 11 is 0. The largest absolute Gasteiger partial charge is 0.507 e. The van der Waals surface area contributed by atoms with Crippen LogP contribution in [-0.4, -0.2) is 49.0 Å². The molecule has 0 atom stereocenters. The highest BCUT2D eigenvalue weighted by Crippen LogP contribution is 2.33. The standard InChI is InChI=1S/C20H24O5S.C4H6O3/c1-3-8-18-19(12-11-17(15(2)21)20(18)22)25-13-7-14-26(23,24)16-9-5-4-6-10-16;5-3-1-2-4(6)7/h4-6,9-12,22H,3,7-8,13-14H2,1-2H3;3H,1-2H2,(H,6,7). The Morgan fingerprint density at radius 3 is 2.27 bits per heavy atom. The van der Waals surface area contributed by atoms with Gasteiger partial charge in [0.1, 0.15) is 17.8 Å². The van der Waals surface area contributed by atoms with Crippen LogP contribution in [0.15, 0.2) is 47.4 Å². The molecule has 8 nitrogen and oxygen atoms in total. The summed E-state index contributed by atoms with van der Waals surface area (Å²) in [4.78, 5) is 30.9. The molecule has 9 heteroatoms. The third kappa shape index (κ3) is 9.44. The van der Waals surface area contributed by atoms with Gasteiger partial charge in [-0.2, -0.15) is 0 Å². The minimum Gasteiger partial charge on any atom is -0.507 e. The average Bonchev–Trinajstić information content (AvgIpc) is 2.78. The molecule has 0 radical (unpaired) electrons. The Morgan fingerprint density at radius 1 is 1.09 bits per heavy atom. The van der Waals surface area contributed by atoms with Gasteiger partial charge in [-0.1, -0.05) is 31.5 Å². The van der Waals surface area contributed by atoms with Gasteiger partial charge < -0.3 is 19.7 Å². The number of hydrogen-bond donors (Lipinski definition) is 2. The van der Waals surface area contributed by atoms with Gasteiger partial charge in [0, 0.05) is 12.0 Å². The van der Waals surface area contributed by atoms with Crippen LogP contribution in [0.4, 0.5) is 0 Å². The Bertz CT molecular complexity index is 1030. The summed E-state index contributed by atoms with van der Waals surface area (Å²) in [7, 11) is -3.34. The first-order chi connectivity index (χ1) is 15.6. The number of carbonyl (C=O) groups excluding carboxylic acids is 2. The number of aliphatic carboxylic acids is 1. The SMILES string of the molecule is CCCc1c(OCCCS(=O)(=O)c2ccccc2)ccc(C(C)=O)c1O.O=CCCC(=O)O. The number of sulfone groups is 1. The summed E-state index contributed by atoms with van der Waals surface area (Å²) in [5.74, 6) is -0.704. The van der Waals surface area contributed by atoms with Gasteiger partial charge in [-0.05, 0) is 44.0 Å². The monoisotopic (exact) mass is 478 g/mol. The quantitative estimate of drug-likeness (QED) is 0.267. The Hall–Kier alpha value is -3.20. The van der Waals surface area contributed by atoms with Crippen molar-refractivity contribution in [2.75, 3.05) is 12.4 Å². The van der Waals surface area contributed by atoms with Crippen molar-refractivity contribution in [1.82, 2.24) is 0 Å². The molecule has 0 saturated carbocycles. The molecule has 0 unspecified atom stereocenters. The number of benzene rings is 2. The second kappa shape index (κ2) is 14.1. The zero-order chi connectivity index (χ0) is 24.9. The van der Waals surface area contributed by atoms with Gasteiger partial charge in [-0.3, -0.25) is 9.59 Å². The molecule has 0 aliphatic carbocycles. The van der Waals surface area contributed by atoms with Crippen LogP contribution >= 0.6 is 0 Å². The smallest absolute Gasteiger partial charge is 0.303 e. The fourth-order valence-electron chi connectivity index (χ4n) is 2.89. The number of carbonyl (C=O) groups is 3. The number of hydrogen-bond acceptors (Lipinski definition) is 7. The molecule has 2 aromatic carbocycles. The normalized spacial score (nSPS) is 10.6. The fraction of sp³-hybridized carbons (Fsp3) is 0.375. The molecule has 0 aliphatic heterocycles. The number of carboxylic acids is 1. The molecule has 0 amide bonds. The zero-order valence-corrected chi connectivity index (χ0v) is 19.6. The summed E-state index contributed by atoms with van der Waals surface area (Å²) in [5, 5.41) is 18.2. The van der Waals surface area contributed by atoms with E-state index in [0.717, 1.165) is 6.42 Å². The molecule has 2 N–H and O–H groups in total. The van der Waals surface area contributed by atoms with Crippen molar-refractivity contribution < 1.29 is 37.8 Å². The Kier molecular flexibility index (Phi) is 11.9. The van der Waals surface area contributed by atoms with E-state index in [1.807, 2.05) is 6.92 Å². The number of phenolic OH excluding ortho intramolecular Hbond substituents is 1. The van der Waals surface area contributed by atoms with Crippen LogP contribution in [0, 0.1) is 0 Å². The zero-order valence-electron chi connectivity index (χ0n) is 18.8. The number of ketones is 1. The first-order valence-electron chi connectivity index (χ1n) is 10.6. The molecule has 2 aromatic rings. The van der Waals surface area contributed by atoms with E-state index in [1.54, 1.807) is 36.4 Å². The predicted octanol–water partition coefficient (Wildman–Crippen LogP) is 3.84. The summed E-state index contributed by atoms with van der Waals surface area (Å²) in [6.07, 6.45) is 2.35. The van der Waals surface area contributed by atoms with Crippen molar-refractivity contribution in [1.29, 1.82) is 0 Å². The van der Waals surface area contributed by atoms with Crippen LogP contribution in [-0.2, 0) is 25.8 Å². The Morgan fingerprint density at radius 2 is 1.76 bits per heavy atom. The maximum absolute atomic E-state index is 12.3. The van der Waals surface area contributed by atoms with Crippen LogP contribution in [0.2, 0.25) is 0 Å². The molecule has 0 saturated heterocycles. The highest BCUT2D eigenvalue weighted by atomic mass is 32.2. The lowest BCUT2D eigenvalue weighted by Gasteiger charge is -2.14. The number of rotatable bonds is 12. The Balaban J connectivity index is 0.000000675. The summed E-state index contributed by atoms with van der Waals surface area (Å²) < 4.78 is 30.2. The van der Waals surface area contributed by atoms with E-state index in [-0.39, 0.29) is 42.3 Å².